The molecule has 1 atom stereocenters. The fourth-order valence-electron chi connectivity index (χ4n) is 2.39. The van der Waals surface area contributed by atoms with Crippen LogP contribution in [0.1, 0.15) is 19.8 Å². The van der Waals surface area contributed by atoms with Crippen LogP contribution in [-0.2, 0) is 0 Å². The van der Waals surface area contributed by atoms with Crippen molar-refractivity contribution in [3.8, 4) is 11.4 Å². The summed E-state index contributed by atoms with van der Waals surface area (Å²) in [6.07, 6.45) is 4.37. The Kier molecular flexibility index (Phi) is 2.92. The van der Waals surface area contributed by atoms with E-state index in [9.17, 15) is 0 Å². The van der Waals surface area contributed by atoms with Gasteiger partial charge in [0.1, 0.15) is 5.82 Å². The zero-order valence-electron chi connectivity index (χ0n) is 10.4. The average molecular weight is 244 g/mol. The van der Waals surface area contributed by atoms with Gasteiger partial charge >= 0.3 is 0 Å². The monoisotopic (exact) mass is 244 g/mol. The van der Waals surface area contributed by atoms with Gasteiger partial charge in [0.2, 0.25) is 5.82 Å². The number of H-pyrrole nitrogens is 1. The molecule has 0 amide bonds. The minimum Gasteiger partial charge on any atom is -0.356 e. The first kappa shape index (κ1) is 11.1. The van der Waals surface area contributed by atoms with E-state index in [4.69, 9.17) is 0 Å². The van der Waals surface area contributed by atoms with Gasteiger partial charge in [-0.25, -0.2) is 4.98 Å². The number of nitrogens with zero attached hydrogens (tertiary/aromatic N) is 5. The lowest BCUT2D eigenvalue weighted by molar-refractivity contribution is 0.444. The highest BCUT2D eigenvalue weighted by atomic mass is 15.5. The summed E-state index contributed by atoms with van der Waals surface area (Å²) in [7, 11) is 0. The maximum atomic E-state index is 4.50. The summed E-state index contributed by atoms with van der Waals surface area (Å²) in [5.74, 6) is 2.37. The molecule has 1 saturated heterocycles. The van der Waals surface area contributed by atoms with Gasteiger partial charge in [-0.1, -0.05) is 6.92 Å². The molecule has 0 aromatic carbocycles. The molecule has 0 radical (unpaired) electrons. The summed E-state index contributed by atoms with van der Waals surface area (Å²) in [5.41, 5.74) is 0.887. The highest BCUT2D eigenvalue weighted by Crippen LogP contribution is 2.22. The number of hydrogen-bond donors (Lipinski definition) is 1. The molecular weight excluding hydrogens is 228 g/mol. The summed E-state index contributed by atoms with van der Waals surface area (Å²) in [6, 6.07) is 4.02. The highest BCUT2D eigenvalue weighted by molar-refractivity contribution is 5.55. The van der Waals surface area contributed by atoms with Crippen LogP contribution >= 0.6 is 0 Å². The fraction of sp³-hybridized carbons (Fsp3) is 0.500. The number of aromatic amines is 1. The number of hydrogen-bond acceptors (Lipinski definition) is 5. The SMILES string of the molecule is C[C@@H]1CCCN(c2ccc(-c3nn[nH]n3)cn2)C1. The molecule has 0 saturated carbocycles. The van der Waals surface area contributed by atoms with Crippen molar-refractivity contribution in [2.75, 3.05) is 18.0 Å². The molecule has 1 fully saturated rings. The van der Waals surface area contributed by atoms with Gasteiger partial charge in [-0.3, -0.25) is 0 Å². The standard InChI is InChI=1S/C12H16N6/c1-9-3-2-6-18(8-9)11-5-4-10(7-13-11)12-14-16-17-15-12/h4-5,7,9H,2-3,6,8H2,1H3,(H,14,15,16,17)/t9-/m1/s1. The van der Waals surface area contributed by atoms with Gasteiger partial charge in [0, 0.05) is 24.8 Å². The molecule has 6 nitrogen and oxygen atoms in total. The Bertz CT molecular complexity index is 492. The number of anilines is 1. The predicted molar refractivity (Wildman–Crippen MR) is 68.0 cm³/mol. The second-order valence-corrected chi connectivity index (χ2v) is 4.83. The Hall–Kier alpha value is -1.98. The molecule has 3 rings (SSSR count). The summed E-state index contributed by atoms with van der Waals surface area (Å²) >= 11 is 0. The molecule has 2 aromatic heterocycles. The summed E-state index contributed by atoms with van der Waals surface area (Å²) in [5, 5.41) is 13.9. The van der Waals surface area contributed by atoms with E-state index in [-0.39, 0.29) is 0 Å². The first-order valence-electron chi connectivity index (χ1n) is 6.28. The lowest BCUT2D eigenvalue weighted by Crippen LogP contribution is -2.34. The minimum absolute atomic E-state index is 0.584. The number of pyridine rings is 1. The molecule has 6 heteroatoms. The van der Waals surface area contributed by atoms with E-state index in [1.807, 2.05) is 12.1 Å². The Balaban J connectivity index is 1.78. The molecule has 0 bridgehead atoms. The van der Waals surface area contributed by atoms with Gasteiger partial charge in [0.05, 0.1) is 0 Å². The Morgan fingerprint density at radius 1 is 1.39 bits per heavy atom. The van der Waals surface area contributed by atoms with Gasteiger partial charge < -0.3 is 4.90 Å². The molecule has 0 unspecified atom stereocenters. The van der Waals surface area contributed by atoms with Crippen molar-refractivity contribution >= 4 is 5.82 Å². The van der Waals surface area contributed by atoms with Gasteiger partial charge in [0.25, 0.3) is 0 Å². The second-order valence-electron chi connectivity index (χ2n) is 4.83. The topological polar surface area (TPSA) is 70.6 Å². The van der Waals surface area contributed by atoms with E-state index in [0.717, 1.165) is 30.4 Å². The predicted octanol–water partition coefficient (Wildman–Crippen LogP) is 1.50. The smallest absolute Gasteiger partial charge is 0.206 e. The van der Waals surface area contributed by atoms with Crippen LogP contribution < -0.4 is 4.90 Å². The molecular formula is C12H16N6. The van der Waals surface area contributed by atoms with E-state index in [1.54, 1.807) is 6.20 Å². The van der Waals surface area contributed by atoms with Gasteiger partial charge in [0.15, 0.2) is 0 Å². The van der Waals surface area contributed by atoms with Crippen molar-refractivity contribution in [1.29, 1.82) is 0 Å². The third-order valence-corrected chi connectivity index (χ3v) is 3.33. The van der Waals surface area contributed by atoms with Crippen LogP contribution in [0.4, 0.5) is 5.82 Å². The minimum atomic E-state index is 0.584. The quantitative estimate of drug-likeness (QED) is 0.866. The van der Waals surface area contributed by atoms with Crippen LogP contribution in [0.2, 0.25) is 0 Å². The number of tetrazole rings is 1. The molecule has 94 valence electrons. The Morgan fingerprint density at radius 3 is 3.00 bits per heavy atom. The third-order valence-electron chi connectivity index (χ3n) is 3.33. The number of piperidine rings is 1. The lowest BCUT2D eigenvalue weighted by atomic mass is 10.0. The first-order valence-corrected chi connectivity index (χ1v) is 6.28. The molecule has 0 aliphatic carbocycles. The van der Waals surface area contributed by atoms with E-state index < -0.39 is 0 Å². The van der Waals surface area contributed by atoms with Crippen LogP contribution in [0.25, 0.3) is 11.4 Å². The number of rotatable bonds is 2. The van der Waals surface area contributed by atoms with Crippen molar-refractivity contribution in [1.82, 2.24) is 25.6 Å². The Labute approximate surface area is 105 Å². The second kappa shape index (κ2) is 4.72. The van der Waals surface area contributed by atoms with Crippen LogP contribution in [0, 0.1) is 5.92 Å². The van der Waals surface area contributed by atoms with E-state index in [2.05, 4.69) is 37.4 Å². The van der Waals surface area contributed by atoms with Gasteiger partial charge in [-0.2, -0.15) is 5.21 Å². The van der Waals surface area contributed by atoms with E-state index in [0.29, 0.717) is 5.82 Å². The third kappa shape index (κ3) is 2.18. The molecule has 1 aliphatic rings. The van der Waals surface area contributed by atoms with Crippen molar-refractivity contribution in [3.63, 3.8) is 0 Å². The Morgan fingerprint density at radius 2 is 2.33 bits per heavy atom. The maximum absolute atomic E-state index is 4.50. The zero-order chi connectivity index (χ0) is 12.4. The van der Waals surface area contributed by atoms with Crippen LogP contribution in [0.5, 0.6) is 0 Å². The molecule has 1 N–H and O–H groups in total. The molecule has 1 aliphatic heterocycles. The van der Waals surface area contributed by atoms with Crippen molar-refractivity contribution in [2.24, 2.45) is 5.92 Å². The fourth-order valence-corrected chi connectivity index (χ4v) is 2.39. The van der Waals surface area contributed by atoms with E-state index >= 15 is 0 Å². The molecule has 0 spiro atoms. The molecule has 18 heavy (non-hydrogen) atoms. The van der Waals surface area contributed by atoms with E-state index in [1.165, 1.54) is 12.8 Å². The van der Waals surface area contributed by atoms with Crippen LogP contribution in [0.3, 0.4) is 0 Å². The number of nitrogens with one attached hydrogen (secondary N) is 1. The lowest BCUT2D eigenvalue weighted by Gasteiger charge is -2.31. The van der Waals surface area contributed by atoms with Crippen LogP contribution in [-0.4, -0.2) is 38.7 Å². The van der Waals surface area contributed by atoms with Crippen LogP contribution in [0.15, 0.2) is 18.3 Å². The number of aromatic nitrogens is 5. The summed E-state index contributed by atoms with van der Waals surface area (Å²) < 4.78 is 0. The first-order chi connectivity index (χ1) is 8.83. The molecule has 3 heterocycles. The van der Waals surface area contributed by atoms with Crippen molar-refractivity contribution in [2.45, 2.75) is 19.8 Å². The summed E-state index contributed by atoms with van der Waals surface area (Å²) in [4.78, 5) is 6.84. The van der Waals surface area contributed by atoms with Gasteiger partial charge in [-0.05, 0) is 36.1 Å². The highest BCUT2D eigenvalue weighted by Gasteiger charge is 2.17. The van der Waals surface area contributed by atoms with Gasteiger partial charge in [-0.15, -0.1) is 10.2 Å². The molecule has 2 aromatic rings. The van der Waals surface area contributed by atoms with Crippen molar-refractivity contribution < 1.29 is 0 Å². The maximum Gasteiger partial charge on any atom is 0.206 e. The van der Waals surface area contributed by atoms with Crippen molar-refractivity contribution in [3.05, 3.63) is 18.3 Å². The zero-order valence-corrected chi connectivity index (χ0v) is 10.4. The largest absolute Gasteiger partial charge is 0.356 e. The summed E-state index contributed by atoms with van der Waals surface area (Å²) in [6.45, 7) is 4.48. The normalized spacial score (nSPS) is 20.1. The average Bonchev–Trinajstić information content (AvgIpc) is 2.93.